The molecule has 0 saturated carbocycles. The first-order valence-corrected chi connectivity index (χ1v) is 13.5. The van der Waals surface area contributed by atoms with Gasteiger partial charge in [0.1, 0.15) is 22.4 Å². The van der Waals surface area contributed by atoms with Gasteiger partial charge in [0, 0.05) is 0 Å². The van der Waals surface area contributed by atoms with Crippen LogP contribution in [0.15, 0.2) is 65.7 Å². The summed E-state index contributed by atoms with van der Waals surface area (Å²) in [4.78, 5) is 17.4. The number of thioether (sulfide) groups is 1. The number of amides is 1. The largest absolute Gasteiger partial charge is 0.495 e. The van der Waals surface area contributed by atoms with Gasteiger partial charge in [-0.15, -0.1) is 11.3 Å². The normalized spacial score (nSPS) is 12.0. The number of carbonyl (C=O) groups is 1. The molecule has 200 valence electrons. The number of methoxy groups -OCH3 is 1. The van der Waals surface area contributed by atoms with Crippen molar-refractivity contribution in [2.24, 2.45) is 0 Å². The van der Waals surface area contributed by atoms with E-state index in [-0.39, 0.29) is 27.1 Å². The number of ether oxygens (including phenoxy) is 1. The first kappa shape index (κ1) is 28.3. The number of thiazole rings is 1. The fraction of sp³-hybridized carbons (Fsp3) is 0.148. The van der Waals surface area contributed by atoms with Crippen LogP contribution in [0.3, 0.4) is 0 Å². The SMILES string of the molecule is COc1ccc(C)cc1NC(=O)CS/C(Nc1cc(C(F)(F)F)ccc1Cl)=C(\C#N)c1nc2ccccc2s1. The minimum atomic E-state index is -4.60. The number of alkyl halides is 3. The lowest BCUT2D eigenvalue weighted by Gasteiger charge is -2.16. The highest BCUT2D eigenvalue weighted by Crippen LogP contribution is 2.38. The molecule has 1 amide bonds. The Morgan fingerprint density at radius 2 is 1.90 bits per heavy atom. The second kappa shape index (κ2) is 12.0. The number of para-hydroxylation sites is 1. The molecule has 0 bridgehead atoms. The Bertz CT molecular complexity index is 1580. The number of halogens is 4. The summed E-state index contributed by atoms with van der Waals surface area (Å²) in [6.07, 6.45) is -4.60. The molecule has 6 nitrogen and oxygen atoms in total. The van der Waals surface area contributed by atoms with Crippen LogP contribution in [0.2, 0.25) is 5.02 Å². The standard InChI is InChI=1S/C27H20ClF3N4O2S2/c1-15-7-10-22(37-2)21(11-15)33-24(36)14-38-25(35-20-12-16(27(29,30)31)8-9-18(20)28)17(13-32)26-34-19-5-3-4-6-23(19)39-26/h3-12,35H,14H2,1-2H3,(H,33,36)/b25-17+. The van der Waals surface area contributed by atoms with Gasteiger partial charge in [-0.3, -0.25) is 4.79 Å². The fourth-order valence-corrected chi connectivity index (χ4v) is 5.52. The lowest BCUT2D eigenvalue weighted by atomic mass is 10.2. The average Bonchev–Trinajstić information content (AvgIpc) is 3.32. The fourth-order valence-electron chi connectivity index (χ4n) is 3.51. The predicted octanol–water partition coefficient (Wildman–Crippen LogP) is 7.96. The number of nitrogens with one attached hydrogen (secondary N) is 2. The van der Waals surface area contributed by atoms with E-state index in [1.807, 2.05) is 31.2 Å². The van der Waals surface area contributed by atoms with Crippen molar-refractivity contribution >= 4 is 67.8 Å². The van der Waals surface area contributed by atoms with Crippen LogP contribution < -0.4 is 15.4 Å². The zero-order chi connectivity index (χ0) is 28.2. The van der Waals surface area contributed by atoms with Crippen LogP contribution in [-0.2, 0) is 11.0 Å². The second-order valence-corrected chi connectivity index (χ2v) is 10.6. The molecule has 0 aliphatic rings. The molecule has 3 aromatic carbocycles. The number of nitrogens with zero attached hydrogens (tertiary/aromatic N) is 2. The van der Waals surface area contributed by atoms with Gasteiger partial charge in [-0.2, -0.15) is 18.4 Å². The third-order valence-electron chi connectivity index (χ3n) is 5.37. The van der Waals surface area contributed by atoms with Crippen molar-refractivity contribution in [3.05, 3.63) is 86.8 Å². The number of benzene rings is 3. The van der Waals surface area contributed by atoms with Crippen LogP contribution in [0.25, 0.3) is 15.8 Å². The van der Waals surface area contributed by atoms with Crippen LogP contribution in [0, 0.1) is 18.3 Å². The van der Waals surface area contributed by atoms with E-state index in [0.29, 0.717) is 22.0 Å². The number of nitriles is 1. The number of rotatable bonds is 8. The Kier molecular flexibility index (Phi) is 8.70. The topological polar surface area (TPSA) is 87.0 Å². The molecule has 1 heterocycles. The lowest BCUT2D eigenvalue weighted by molar-refractivity contribution is -0.137. The maximum atomic E-state index is 13.4. The van der Waals surface area contributed by atoms with E-state index in [9.17, 15) is 23.2 Å². The Labute approximate surface area is 235 Å². The molecule has 1 aromatic heterocycles. The van der Waals surface area contributed by atoms with Gasteiger partial charge in [0.2, 0.25) is 5.91 Å². The molecule has 2 N–H and O–H groups in total. The predicted molar refractivity (Wildman–Crippen MR) is 151 cm³/mol. The molecule has 4 rings (SSSR count). The van der Waals surface area contributed by atoms with Crippen molar-refractivity contribution in [2.75, 3.05) is 23.5 Å². The van der Waals surface area contributed by atoms with Crippen molar-refractivity contribution < 1.29 is 22.7 Å². The van der Waals surface area contributed by atoms with Gasteiger partial charge in [-0.05, 0) is 55.0 Å². The summed E-state index contributed by atoms with van der Waals surface area (Å²) < 4.78 is 46.3. The van der Waals surface area contributed by atoms with Gasteiger partial charge in [-0.1, -0.05) is 41.6 Å². The zero-order valence-corrected chi connectivity index (χ0v) is 22.9. The number of aromatic nitrogens is 1. The van der Waals surface area contributed by atoms with Crippen LogP contribution in [-0.4, -0.2) is 23.8 Å². The van der Waals surface area contributed by atoms with Crippen molar-refractivity contribution in [3.63, 3.8) is 0 Å². The van der Waals surface area contributed by atoms with Gasteiger partial charge in [0.15, 0.2) is 0 Å². The summed E-state index contributed by atoms with van der Waals surface area (Å²) in [6.45, 7) is 1.87. The molecule has 12 heteroatoms. The third kappa shape index (κ3) is 6.84. The number of allylic oxidation sites excluding steroid dienone is 1. The molecule has 0 aliphatic carbocycles. The summed E-state index contributed by atoms with van der Waals surface area (Å²) >= 11 is 8.41. The summed E-state index contributed by atoms with van der Waals surface area (Å²) in [5, 5.41) is 16.2. The molecule has 0 aliphatic heterocycles. The Balaban J connectivity index is 1.70. The van der Waals surface area contributed by atoms with Gasteiger partial charge < -0.3 is 15.4 Å². The monoisotopic (exact) mass is 588 g/mol. The van der Waals surface area contributed by atoms with Crippen molar-refractivity contribution in [3.8, 4) is 11.8 Å². The van der Waals surface area contributed by atoms with E-state index in [2.05, 4.69) is 21.7 Å². The summed E-state index contributed by atoms with van der Waals surface area (Å²) in [6, 6.07) is 17.5. The van der Waals surface area contributed by atoms with E-state index in [4.69, 9.17) is 16.3 Å². The maximum absolute atomic E-state index is 13.4. The molecule has 0 radical (unpaired) electrons. The quantitative estimate of drug-likeness (QED) is 0.203. The summed E-state index contributed by atoms with van der Waals surface area (Å²) in [7, 11) is 1.48. The Morgan fingerprint density at radius 3 is 2.59 bits per heavy atom. The molecular weight excluding hydrogens is 569 g/mol. The first-order chi connectivity index (χ1) is 18.6. The molecule has 4 aromatic rings. The molecule has 0 atom stereocenters. The van der Waals surface area contributed by atoms with Gasteiger partial charge in [-0.25, -0.2) is 4.98 Å². The van der Waals surface area contributed by atoms with Crippen LogP contribution in [0.5, 0.6) is 5.75 Å². The highest BCUT2D eigenvalue weighted by Gasteiger charge is 2.31. The molecule has 0 saturated heterocycles. The molecular formula is C27H20ClF3N4O2S2. The van der Waals surface area contributed by atoms with Crippen LogP contribution in [0.4, 0.5) is 24.5 Å². The number of hydrogen-bond acceptors (Lipinski definition) is 7. The minimum absolute atomic E-state index is 0.0108. The van der Waals surface area contributed by atoms with Gasteiger partial charge in [0.25, 0.3) is 0 Å². The number of carbonyl (C=O) groups excluding carboxylic acids is 1. The van der Waals surface area contributed by atoms with E-state index in [1.165, 1.54) is 18.4 Å². The van der Waals surface area contributed by atoms with Gasteiger partial charge >= 0.3 is 6.18 Å². The summed E-state index contributed by atoms with van der Waals surface area (Å²) in [5.74, 6) is -0.123. The van der Waals surface area contributed by atoms with E-state index >= 15 is 0 Å². The van der Waals surface area contributed by atoms with E-state index < -0.39 is 17.6 Å². The number of fused-ring (bicyclic) bond motifs is 1. The van der Waals surface area contributed by atoms with Crippen LogP contribution >= 0.6 is 34.7 Å². The highest BCUT2D eigenvalue weighted by molar-refractivity contribution is 8.04. The minimum Gasteiger partial charge on any atom is -0.495 e. The number of anilines is 2. The first-order valence-electron chi connectivity index (χ1n) is 11.3. The van der Waals surface area contributed by atoms with Crippen LogP contribution in [0.1, 0.15) is 16.1 Å². The summed E-state index contributed by atoms with van der Waals surface area (Å²) in [5.41, 5.74) is 1.12. The Hall–Kier alpha value is -3.72. The number of hydrogen-bond donors (Lipinski definition) is 2. The van der Waals surface area contributed by atoms with Crippen molar-refractivity contribution in [1.82, 2.24) is 4.98 Å². The van der Waals surface area contributed by atoms with E-state index in [1.54, 1.807) is 18.2 Å². The zero-order valence-electron chi connectivity index (χ0n) is 20.5. The molecule has 0 spiro atoms. The third-order valence-corrected chi connectivity index (χ3v) is 7.75. The maximum Gasteiger partial charge on any atom is 0.416 e. The van der Waals surface area contributed by atoms with Crippen molar-refractivity contribution in [1.29, 1.82) is 5.26 Å². The average molecular weight is 589 g/mol. The number of aryl methyl sites for hydroxylation is 1. The Morgan fingerprint density at radius 1 is 1.13 bits per heavy atom. The van der Waals surface area contributed by atoms with Crippen molar-refractivity contribution in [2.45, 2.75) is 13.1 Å². The molecule has 39 heavy (non-hydrogen) atoms. The highest BCUT2D eigenvalue weighted by atomic mass is 35.5. The lowest BCUT2D eigenvalue weighted by Crippen LogP contribution is -2.16. The molecule has 0 unspecified atom stereocenters. The second-order valence-electron chi connectivity index (χ2n) is 8.16. The van der Waals surface area contributed by atoms with E-state index in [0.717, 1.165) is 40.2 Å². The smallest absolute Gasteiger partial charge is 0.416 e. The molecule has 0 fully saturated rings. The van der Waals surface area contributed by atoms with Gasteiger partial charge in [0.05, 0.1) is 50.1 Å².